The van der Waals surface area contributed by atoms with Gasteiger partial charge in [-0.1, -0.05) is 60.7 Å². The van der Waals surface area contributed by atoms with Crippen molar-refractivity contribution in [3.05, 3.63) is 95.9 Å². The first-order valence-electron chi connectivity index (χ1n) is 8.25. The number of furan rings is 1. The van der Waals surface area contributed by atoms with E-state index in [1.807, 2.05) is 12.1 Å². The maximum atomic E-state index is 5.60. The molecule has 0 spiro atoms. The Balaban J connectivity index is 1.68. The molecule has 1 aromatic heterocycles. The molecule has 0 aliphatic heterocycles. The van der Waals surface area contributed by atoms with Crippen molar-refractivity contribution in [3.8, 4) is 11.1 Å². The van der Waals surface area contributed by atoms with Gasteiger partial charge in [0.1, 0.15) is 5.76 Å². The van der Waals surface area contributed by atoms with Gasteiger partial charge in [-0.2, -0.15) is 0 Å². The highest BCUT2D eigenvalue weighted by Gasteiger charge is 2.20. The zero-order valence-electron chi connectivity index (χ0n) is 13.2. The van der Waals surface area contributed by atoms with E-state index in [-0.39, 0.29) is 0 Å². The van der Waals surface area contributed by atoms with E-state index in [9.17, 15) is 0 Å². The molecule has 0 radical (unpaired) electrons. The Morgan fingerprint density at radius 3 is 2.46 bits per heavy atom. The third kappa shape index (κ3) is 2.02. The summed E-state index contributed by atoms with van der Waals surface area (Å²) in [6, 6.07) is 25.7. The van der Waals surface area contributed by atoms with Gasteiger partial charge in [0, 0.05) is 6.42 Å². The van der Waals surface area contributed by atoms with Crippen molar-refractivity contribution >= 4 is 22.4 Å². The first-order chi connectivity index (χ1) is 11.9. The lowest BCUT2D eigenvalue weighted by atomic mass is 9.92. The standard InChI is InChI=1S/C23H16O/c1-2-9-19-16(6-1)7-3-10-20(19)21-11-4-8-17-14-18(15-22(17)21)23-12-5-13-24-23/h1-14H,15H2. The highest BCUT2D eigenvalue weighted by atomic mass is 16.3. The third-order valence-electron chi connectivity index (χ3n) is 4.83. The number of hydrogen-bond acceptors (Lipinski definition) is 1. The van der Waals surface area contributed by atoms with Crippen molar-refractivity contribution < 1.29 is 4.42 Å². The van der Waals surface area contributed by atoms with E-state index < -0.39 is 0 Å². The minimum Gasteiger partial charge on any atom is -0.465 e. The van der Waals surface area contributed by atoms with Crippen LogP contribution in [0.5, 0.6) is 0 Å². The molecule has 0 bridgehead atoms. The molecule has 5 rings (SSSR count). The lowest BCUT2D eigenvalue weighted by molar-refractivity contribution is 0.552. The minimum absolute atomic E-state index is 0.919. The van der Waals surface area contributed by atoms with Crippen LogP contribution in [0.2, 0.25) is 0 Å². The molecule has 0 unspecified atom stereocenters. The predicted octanol–water partition coefficient (Wildman–Crippen LogP) is 6.20. The summed E-state index contributed by atoms with van der Waals surface area (Å²) in [5.74, 6) is 0.968. The summed E-state index contributed by atoms with van der Waals surface area (Å²) in [6.45, 7) is 0. The summed E-state index contributed by atoms with van der Waals surface area (Å²) < 4.78 is 5.60. The number of fused-ring (bicyclic) bond motifs is 2. The van der Waals surface area contributed by atoms with Gasteiger partial charge in [0.15, 0.2) is 0 Å². The van der Waals surface area contributed by atoms with E-state index in [4.69, 9.17) is 4.42 Å². The van der Waals surface area contributed by atoms with Crippen LogP contribution in [0.1, 0.15) is 16.9 Å². The SMILES string of the molecule is C1=C(c2ccco2)Cc2c1cccc2-c1cccc2ccccc12. The van der Waals surface area contributed by atoms with Gasteiger partial charge in [0.25, 0.3) is 0 Å². The van der Waals surface area contributed by atoms with Gasteiger partial charge in [0.05, 0.1) is 6.26 Å². The molecule has 0 saturated heterocycles. The molecule has 24 heavy (non-hydrogen) atoms. The van der Waals surface area contributed by atoms with Gasteiger partial charge < -0.3 is 4.42 Å². The predicted molar refractivity (Wildman–Crippen MR) is 99.7 cm³/mol. The second kappa shape index (κ2) is 5.24. The maximum Gasteiger partial charge on any atom is 0.130 e. The first-order valence-corrected chi connectivity index (χ1v) is 8.25. The van der Waals surface area contributed by atoms with Crippen molar-refractivity contribution in [1.82, 2.24) is 0 Å². The molecule has 4 aromatic rings. The fourth-order valence-corrected chi connectivity index (χ4v) is 3.70. The van der Waals surface area contributed by atoms with Gasteiger partial charge in [-0.15, -0.1) is 0 Å². The second-order valence-corrected chi connectivity index (χ2v) is 6.22. The molecular weight excluding hydrogens is 292 g/mol. The lowest BCUT2D eigenvalue weighted by Gasteiger charge is -2.12. The maximum absolute atomic E-state index is 5.60. The Morgan fingerprint density at radius 1 is 0.708 bits per heavy atom. The molecule has 0 atom stereocenters. The Labute approximate surface area is 140 Å². The molecular formula is C23H16O. The van der Waals surface area contributed by atoms with E-state index in [1.165, 1.54) is 38.6 Å². The van der Waals surface area contributed by atoms with Crippen LogP contribution >= 0.6 is 0 Å². The average Bonchev–Trinajstić information content (AvgIpc) is 3.30. The van der Waals surface area contributed by atoms with Crippen LogP contribution in [0.4, 0.5) is 0 Å². The van der Waals surface area contributed by atoms with Crippen molar-refractivity contribution in [2.75, 3.05) is 0 Å². The van der Waals surface area contributed by atoms with E-state index in [1.54, 1.807) is 6.26 Å². The molecule has 3 aromatic carbocycles. The van der Waals surface area contributed by atoms with Crippen LogP contribution in [0.3, 0.4) is 0 Å². The van der Waals surface area contributed by atoms with Crippen molar-refractivity contribution in [2.24, 2.45) is 0 Å². The highest BCUT2D eigenvalue weighted by Crippen LogP contribution is 2.39. The fraction of sp³-hybridized carbons (Fsp3) is 0.0435. The van der Waals surface area contributed by atoms with E-state index in [0.29, 0.717) is 0 Å². The van der Waals surface area contributed by atoms with Crippen LogP contribution in [-0.4, -0.2) is 0 Å². The average molecular weight is 308 g/mol. The number of rotatable bonds is 2. The summed E-state index contributed by atoms with van der Waals surface area (Å²) in [7, 11) is 0. The smallest absolute Gasteiger partial charge is 0.130 e. The molecule has 0 fully saturated rings. The van der Waals surface area contributed by atoms with Crippen molar-refractivity contribution in [1.29, 1.82) is 0 Å². The zero-order valence-corrected chi connectivity index (χ0v) is 13.2. The van der Waals surface area contributed by atoms with Crippen molar-refractivity contribution in [3.63, 3.8) is 0 Å². The monoisotopic (exact) mass is 308 g/mol. The van der Waals surface area contributed by atoms with E-state index in [0.717, 1.165) is 12.2 Å². The van der Waals surface area contributed by atoms with E-state index in [2.05, 4.69) is 66.7 Å². The second-order valence-electron chi connectivity index (χ2n) is 6.22. The van der Waals surface area contributed by atoms with Gasteiger partial charge >= 0.3 is 0 Å². The minimum atomic E-state index is 0.919. The summed E-state index contributed by atoms with van der Waals surface area (Å²) in [6.07, 6.45) is 4.91. The Bertz CT molecular complexity index is 1060. The lowest BCUT2D eigenvalue weighted by Crippen LogP contribution is -1.91. The number of allylic oxidation sites excluding steroid dienone is 1. The van der Waals surface area contributed by atoms with Gasteiger partial charge in [-0.25, -0.2) is 0 Å². The van der Waals surface area contributed by atoms with Crippen molar-refractivity contribution in [2.45, 2.75) is 6.42 Å². The first kappa shape index (κ1) is 13.4. The Morgan fingerprint density at radius 2 is 1.54 bits per heavy atom. The number of benzene rings is 3. The van der Waals surface area contributed by atoms with Crippen LogP contribution in [0.15, 0.2) is 83.5 Å². The van der Waals surface area contributed by atoms with Gasteiger partial charge in [0.2, 0.25) is 0 Å². The molecule has 1 nitrogen and oxygen atoms in total. The molecule has 0 amide bonds. The topological polar surface area (TPSA) is 13.1 Å². The van der Waals surface area contributed by atoms with Crippen LogP contribution < -0.4 is 0 Å². The van der Waals surface area contributed by atoms with Gasteiger partial charge in [-0.05, 0) is 56.8 Å². The van der Waals surface area contributed by atoms with E-state index >= 15 is 0 Å². The molecule has 1 heteroatoms. The molecule has 1 aliphatic carbocycles. The fourth-order valence-electron chi connectivity index (χ4n) is 3.70. The molecule has 1 heterocycles. The molecule has 0 saturated carbocycles. The largest absolute Gasteiger partial charge is 0.465 e. The normalized spacial score (nSPS) is 13.1. The summed E-state index contributed by atoms with van der Waals surface area (Å²) in [4.78, 5) is 0. The summed E-state index contributed by atoms with van der Waals surface area (Å²) in [5.41, 5.74) is 6.57. The molecule has 0 N–H and O–H groups in total. The summed E-state index contributed by atoms with van der Waals surface area (Å²) >= 11 is 0. The Kier molecular flexibility index (Phi) is 2.92. The van der Waals surface area contributed by atoms with Gasteiger partial charge in [-0.3, -0.25) is 0 Å². The van der Waals surface area contributed by atoms with Crippen LogP contribution in [-0.2, 0) is 6.42 Å². The third-order valence-corrected chi connectivity index (χ3v) is 4.83. The number of hydrogen-bond donors (Lipinski definition) is 0. The van der Waals surface area contributed by atoms with Crippen LogP contribution in [0.25, 0.3) is 33.5 Å². The summed E-state index contributed by atoms with van der Waals surface area (Å²) in [5, 5.41) is 2.59. The molecule has 114 valence electrons. The quantitative estimate of drug-likeness (QED) is 0.430. The highest BCUT2D eigenvalue weighted by molar-refractivity contribution is 6.00. The zero-order chi connectivity index (χ0) is 15.9. The molecule has 1 aliphatic rings. The van der Waals surface area contributed by atoms with Crippen LogP contribution in [0, 0.1) is 0 Å². The Hall–Kier alpha value is -3.06.